The third-order valence-corrected chi connectivity index (χ3v) is 7.06. The Balaban J connectivity index is 1.75. The number of anilines is 1. The number of aromatic nitrogens is 2. The summed E-state index contributed by atoms with van der Waals surface area (Å²) in [4.78, 5) is 22.9. The molecule has 0 bridgehead atoms. The second kappa shape index (κ2) is 7.50. The van der Waals surface area contributed by atoms with Crippen molar-refractivity contribution in [2.75, 3.05) is 4.72 Å². The molecule has 2 N–H and O–H groups in total. The second-order valence-corrected chi connectivity index (χ2v) is 9.03. The number of aromatic amines is 1. The molecule has 2 aromatic heterocycles. The largest absolute Gasteiger partial charge is 0.345 e. The molecule has 0 amide bonds. The minimum atomic E-state index is -3.86. The standard InChI is InChI=1S/C20H16F2N4O3S/c1-23-11-8-13-14(10-25-20(13)24-9-11)19(27)17-15(21)6-7-16(18(17)22)26-30(28,29)12-4-2-3-5-12/h6-10,12,26H,2-5H2,(H,24,25). The zero-order valence-electron chi connectivity index (χ0n) is 15.6. The van der Waals surface area contributed by atoms with Gasteiger partial charge in [-0.3, -0.25) is 14.5 Å². The summed E-state index contributed by atoms with van der Waals surface area (Å²) in [6.07, 6.45) is 5.03. The lowest BCUT2D eigenvalue weighted by Gasteiger charge is -2.15. The number of carbonyl (C=O) groups is 1. The molecule has 2 heterocycles. The summed E-state index contributed by atoms with van der Waals surface area (Å²) in [5.41, 5.74) is -0.987. The Bertz CT molecular complexity index is 1310. The predicted molar refractivity (Wildman–Crippen MR) is 107 cm³/mol. The smallest absolute Gasteiger partial charge is 0.235 e. The Morgan fingerprint density at radius 1 is 1.27 bits per heavy atom. The van der Waals surface area contributed by atoms with Crippen molar-refractivity contribution in [1.82, 2.24) is 9.97 Å². The number of hydrogen-bond acceptors (Lipinski definition) is 4. The topological polar surface area (TPSA) is 96.3 Å². The summed E-state index contributed by atoms with van der Waals surface area (Å²) < 4.78 is 56.7. The van der Waals surface area contributed by atoms with Gasteiger partial charge >= 0.3 is 0 Å². The van der Waals surface area contributed by atoms with E-state index in [4.69, 9.17) is 6.57 Å². The van der Waals surface area contributed by atoms with Crippen molar-refractivity contribution in [2.45, 2.75) is 30.9 Å². The number of H-pyrrole nitrogens is 1. The van der Waals surface area contributed by atoms with E-state index in [9.17, 15) is 17.6 Å². The van der Waals surface area contributed by atoms with Gasteiger partial charge in [-0.1, -0.05) is 12.8 Å². The van der Waals surface area contributed by atoms with Gasteiger partial charge in [-0.25, -0.2) is 22.0 Å². The summed E-state index contributed by atoms with van der Waals surface area (Å²) in [5.74, 6) is -3.39. The number of benzene rings is 1. The lowest BCUT2D eigenvalue weighted by Crippen LogP contribution is -2.26. The highest BCUT2D eigenvalue weighted by molar-refractivity contribution is 7.93. The summed E-state index contributed by atoms with van der Waals surface area (Å²) in [6.45, 7) is 7.07. The van der Waals surface area contributed by atoms with Crippen molar-refractivity contribution in [2.24, 2.45) is 0 Å². The first-order valence-corrected chi connectivity index (χ1v) is 10.8. The van der Waals surface area contributed by atoms with Gasteiger partial charge in [0.1, 0.15) is 11.5 Å². The number of halogens is 2. The molecule has 1 saturated carbocycles. The Hall–Kier alpha value is -3.32. The molecule has 3 aromatic rings. The fourth-order valence-corrected chi connectivity index (χ4v) is 5.24. The fraction of sp³-hybridized carbons (Fsp3) is 0.250. The van der Waals surface area contributed by atoms with Crippen LogP contribution in [-0.4, -0.2) is 29.4 Å². The molecular formula is C20H16F2N4O3S. The van der Waals surface area contributed by atoms with Crippen LogP contribution in [0.5, 0.6) is 0 Å². The van der Waals surface area contributed by atoms with Gasteiger partial charge in [0.15, 0.2) is 5.82 Å². The lowest BCUT2D eigenvalue weighted by atomic mass is 10.0. The zero-order chi connectivity index (χ0) is 21.5. The molecular weight excluding hydrogens is 414 g/mol. The quantitative estimate of drug-likeness (QED) is 0.466. The predicted octanol–water partition coefficient (Wildman–Crippen LogP) is 4.31. The average Bonchev–Trinajstić information content (AvgIpc) is 3.40. The van der Waals surface area contributed by atoms with Crippen molar-refractivity contribution < 1.29 is 22.0 Å². The van der Waals surface area contributed by atoms with Crippen LogP contribution in [-0.2, 0) is 10.0 Å². The minimum Gasteiger partial charge on any atom is -0.345 e. The molecule has 1 fully saturated rings. The van der Waals surface area contributed by atoms with Crippen LogP contribution in [0, 0.1) is 18.2 Å². The van der Waals surface area contributed by atoms with Crippen LogP contribution in [0.2, 0.25) is 0 Å². The van der Waals surface area contributed by atoms with E-state index < -0.39 is 43.9 Å². The van der Waals surface area contributed by atoms with E-state index >= 15 is 4.39 Å². The van der Waals surface area contributed by atoms with E-state index in [0.29, 0.717) is 12.8 Å². The Kier molecular flexibility index (Phi) is 4.99. The highest BCUT2D eigenvalue weighted by Crippen LogP contribution is 2.31. The number of rotatable bonds is 5. The van der Waals surface area contributed by atoms with Gasteiger partial charge in [-0.05, 0) is 31.0 Å². The van der Waals surface area contributed by atoms with E-state index in [1.54, 1.807) is 0 Å². The van der Waals surface area contributed by atoms with Crippen molar-refractivity contribution in [3.8, 4) is 0 Å². The van der Waals surface area contributed by atoms with Crippen LogP contribution in [0.3, 0.4) is 0 Å². The summed E-state index contributed by atoms with van der Waals surface area (Å²) in [6, 6.07) is 3.20. The van der Waals surface area contributed by atoms with Crippen LogP contribution in [0.1, 0.15) is 41.6 Å². The summed E-state index contributed by atoms with van der Waals surface area (Å²) in [5, 5.41) is -0.405. The highest BCUT2D eigenvalue weighted by Gasteiger charge is 2.31. The minimum absolute atomic E-state index is 0.0726. The number of carbonyl (C=O) groups excluding carboxylic acids is 1. The number of sulfonamides is 1. The average molecular weight is 430 g/mol. The Morgan fingerprint density at radius 3 is 2.70 bits per heavy atom. The van der Waals surface area contributed by atoms with Crippen LogP contribution in [0.15, 0.2) is 30.6 Å². The third kappa shape index (κ3) is 3.41. The number of pyridine rings is 1. The Labute approximate surface area is 171 Å². The first kappa shape index (κ1) is 20.0. The van der Waals surface area contributed by atoms with Gasteiger partial charge in [0.2, 0.25) is 21.5 Å². The number of hydrogen-bond donors (Lipinski definition) is 2. The molecule has 0 atom stereocenters. The summed E-state index contributed by atoms with van der Waals surface area (Å²) >= 11 is 0. The molecule has 0 aliphatic heterocycles. The Morgan fingerprint density at radius 2 is 2.00 bits per heavy atom. The molecule has 10 heteroatoms. The van der Waals surface area contributed by atoms with Gasteiger partial charge in [-0.2, -0.15) is 0 Å². The van der Waals surface area contributed by atoms with Crippen LogP contribution >= 0.6 is 0 Å². The second-order valence-electron chi connectivity index (χ2n) is 7.07. The molecule has 4 rings (SSSR count). The molecule has 154 valence electrons. The molecule has 1 aliphatic carbocycles. The van der Waals surface area contributed by atoms with E-state index in [0.717, 1.165) is 25.0 Å². The van der Waals surface area contributed by atoms with Crippen LogP contribution < -0.4 is 4.72 Å². The molecule has 0 saturated heterocycles. The van der Waals surface area contributed by atoms with Crippen molar-refractivity contribution in [3.63, 3.8) is 0 Å². The van der Waals surface area contributed by atoms with Gasteiger partial charge in [0.05, 0.1) is 23.1 Å². The monoisotopic (exact) mass is 430 g/mol. The van der Waals surface area contributed by atoms with E-state index in [2.05, 4.69) is 19.5 Å². The van der Waals surface area contributed by atoms with Gasteiger partial charge < -0.3 is 4.98 Å². The van der Waals surface area contributed by atoms with Crippen molar-refractivity contribution >= 4 is 38.2 Å². The van der Waals surface area contributed by atoms with E-state index in [1.165, 1.54) is 18.5 Å². The van der Waals surface area contributed by atoms with Gasteiger partial charge in [0.25, 0.3) is 0 Å². The first-order valence-electron chi connectivity index (χ1n) is 9.20. The van der Waals surface area contributed by atoms with Gasteiger partial charge in [-0.15, -0.1) is 0 Å². The van der Waals surface area contributed by atoms with E-state index in [-0.39, 0.29) is 22.3 Å². The molecule has 1 aromatic carbocycles. The summed E-state index contributed by atoms with van der Waals surface area (Å²) in [7, 11) is -3.86. The van der Waals surface area contributed by atoms with Crippen molar-refractivity contribution in [1.29, 1.82) is 0 Å². The first-order chi connectivity index (χ1) is 14.3. The molecule has 0 radical (unpaired) electrons. The SMILES string of the molecule is [C-]#[N+]c1cnc2[nH]cc(C(=O)c3c(F)ccc(NS(=O)(=O)C4CCCC4)c3F)c2c1. The van der Waals surface area contributed by atoms with Crippen molar-refractivity contribution in [3.05, 3.63) is 64.8 Å². The molecule has 1 aliphatic rings. The third-order valence-electron chi connectivity index (χ3n) is 5.20. The maximum atomic E-state index is 15.1. The van der Waals surface area contributed by atoms with Gasteiger partial charge in [0, 0.05) is 23.3 Å². The van der Waals surface area contributed by atoms with Crippen LogP contribution in [0.25, 0.3) is 15.9 Å². The molecule has 30 heavy (non-hydrogen) atoms. The normalized spacial score (nSPS) is 14.7. The molecule has 7 nitrogen and oxygen atoms in total. The van der Waals surface area contributed by atoms with Crippen LogP contribution in [0.4, 0.5) is 20.2 Å². The maximum absolute atomic E-state index is 15.1. The highest BCUT2D eigenvalue weighted by atomic mass is 32.2. The maximum Gasteiger partial charge on any atom is 0.235 e. The lowest BCUT2D eigenvalue weighted by molar-refractivity contribution is 0.103. The number of nitrogens with one attached hydrogen (secondary N) is 2. The fourth-order valence-electron chi connectivity index (χ4n) is 3.65. The number of ketones is 1. The van der Waals surface area contributed by atoms with E-state index in [1.807, 2.05) is 0 Å². The number of fused-ring (bicyclic) bond motifs is 1. The molecule has 0 spiro atoms. The molecule has 0 unspecified atom stereocenters. The number of nitrogens with zero attached hydrogens (tertiary/aromatic N) is 2. The zero-order valence-corrected chi connectivity index (χ0v) is 16.4.